The summed E-state index contributed by atoms with van der Waals surface area (Å²) in [5.74, 6) is 1.06. The monoisotopic (exact) mass is 211 g/mol. The highest BCUT2D eigenvalue weighted by Gasteiger charge is 2.00. The lowest BCUT2D eigenvalue weighted by Gasteiger charge is -2.10. The molecule has 0 atom stereocenters. The summed E-state index contributed by atoms with van der Waals surface area (Å²) in [7, 11) is 3.93. The van der Waals surface area contributed by atoms with Crippen LogP contribution in [0.15, 0.2) is 10.9 Å². The summed E-state index contributed by atoms with van der Waals surface area (Å²) in [4.78, 5) is 20.0. The Morgan fingerprint density at radius 3 is 2.87 bits per heavy atom. The van der Waals surface area contributed by atoms with Gasteiger partial charge in [-0.15, -0.1) is 0 Å². The van der Waals surface area contributed by atoms with Crippen LogP contribution >= 0.6 is 0 Å². The second-order valence-corrected chi connectivity index (χ2v) is 3.54. The summed E-state index contributed by atoms with van der Waals surface area (Å²) >= 11 is 0. The van der Waals surface area contributed by atoms with E-state index in [2.05, 4.69) is 9.97 Å². The summed E-state index contributed by atoms with van der Waals surface area (Å²) in [6, 6.07) is 1.37. The zero-order valence-electron chi connectivity index (χ0n) is 9.41. The number of aromatic nitrogens is 2. The first-order chi connectivity index (χ1) is 7.11. The number of likely N-dealkylation sites (N-methyl/N-ethyl adjacent to an activating group) is 1. The van der Waals surface area contributed by atoms with Gasteiger partial charge in [0.25, 0.3) is 5.56 Å². The van der Waals surface area contributed by atoms with Gasteiger partial charge in [0, 0.05) is 13.0 Å². The van der Waals surface area contributed by atoms with Crippen molar-refractivity contribution in [1.29, 1.82) is 0 Å². The second kappa shape index (κ2) is 5.50. The van der Waals surface area contributed by atoms with Gasteiger partial charge in [-0.2, -0.15) is 0 Å². The van der Waals surface area contributed by atoms with Crippen molar-refractivity contribution in [3.8, 4) is 5.88 Å². The third-order valence-electron chi connectivity index (χ3n) is 1.89. The van der Waals surface area contributed by atoms with Crippen molar-refractivity contribution < 1.29 is 4.74 Å². The largest absolute Gasteiger partial charge is 0.476 e. The molecule has 0 amide bonds. The molecule has 15 heavy (non-hydrogen) atoms. The van der Waals surface area contributed by atoms with E-state index in [9.17, 15) is 4.79 Å². The predicted molar refractivity (Wildman–Crippen MR) is 58.3 cm³/mol. The van der Waals surface area contributed by atoms with E-state index in [4.69, 9.17) is 4.74 Å². The van der Waals surface area contributed by atoms with Gasteiger partial charge in [0.1, 0.15) is 12.4 Å². The van der Waals surface area contributed by atoms with Crippen molar-refractivity contribution >= 4 is 0 Å². The lowest BCUT2D eigenvalue weighted by atomic mass is 10.4. The zero-order valence-corrected chi connectivity index (χ0v) is 9.41. The number of nitrogens with one attached hydrogen (secondary N) is 1. The molecule has 5 heteroatoms. The molecule has 1 aromatic heterocycles. The molecule has 0 saturated heterocycles. The van der Waals surface area contributed by atoms with Gasteiger partial charge in [0.05, 0.1) is 6.07 Å². The number of H-pyrrole nitrogens is 1. The molecular weight excluding hydrogens is 194 g/mol. The van der Waals surface area contributed by atoms with Crippen LogP contribution in [-0.4, -0.2) is 42.1 Å². The molecule has 1 heterocycles. The lowest BCUT2D eigenvalue weighted by molar-refractivity contribution is 0.252. The van der Waals surface area contributed by atoms with Gasteiger partial charge in [-0.3, -0.25) is 4.79 Å². The van der Waals surface area contributed by atoms with Crippen LogP contribution in [0.1, 0.15) is 12.7 Å². The molecule has 0 unspecified atom stereocenters. The number of hydrogen-bond donors (Lipinski definition) is 1. The molecule has 0 spiro atoms. The van der Waals surface area contributed by atoms with E-state index in [0.29, 0.717) is 24.7 Å². The van der Waals surface area contributed by atoms with E-state index in [1.54, 1.807) is 0 Å². The van der Waals surface area contributed by atoms with Crippen LogP contribution < -0.4 is 10.3 Å². The van der Waals surface area contributed by atoms with Crippen molar-refractivity contribution in [2.45, 2.75) is 13.3 Å². The number of aromatic amines is 1. The highest BCUT2D eigenvalue weighted by Crippen LogP contribution is 2.02. The fraction of sp³-hybridized carbons (Fsp3) is 0.600. The molecule has 0 aliphatic carbocycles. The minimum absolute atomic E-state index is 0.165. The zero-order chi connectivity index (χ0) is 11.3. The molecule has 0 aliphatic rings. The Hall–Kier alpha value is -1.36. The number of aryl methyl sites for hydroxylation is 1. The van der Waals surface area contributed by atoms with Crippen molar-refractivity contribution in [2.24, 2.45) is 0 Å². The first-order valence-electron chi connectivity index (χ1n) is 4.99. The maximum atomic E-state index is 11.2. The van der Waals surface area contributed by atoms with Gasteiger partial charge < -0.3 is 14.6 Å². The molecule has 0 aliphatic heterocycles. The minimum atomic E-state index is -0.165. The maximum Gasteiger partial charge on any atom is 0.254 e. The first-order valence-corrected chi connectivity index (χ1v) is 4.99. The van der Waals surface area contributed by atoms with Gasteiger partial charge in [0.15, 0.2) is 0 Å². The molecular formula is C10H17N3O2. The Morgan fingerprint density at radius 2 is 2.27 bits per heavy atom. The highest BCUT2D eigenvalue weighted by atomic mass is 16.5. The van der Waals surface area contributed by atoms with Crippen LogP contribution in [0.4, 0.5) is 0 Å². The lowest BCUT2D eigenvalue weighted by Crippen LogP contribution is -2.20. The molecule has 5 nitrogen and oxygen atoms in total. The van der Waals surface area contributed by atoms with E-state index in [1.807, 2.05) is 25.9 Å². The van der Waals surface area contributed by atoms with Crippen molar-refractivity contribution in [3.05, 3.63) is 22.2 Å². The molecule has 1 rings (SSSR count). The normalized spacial score (nSPS) is 10.7. The minimum Gasteiger partial charge on any atom is -0.476 e. The Bertz CT molecular complexity index is 360. The van der Waals surface area contributed by atoms with Crippen LogP contribution in [0.5, 0.6) is 5.88 Å². The Morgan fingerprint density at radius 1 is 1.53 bits per heavy atom. The van der Waals surface area contributed by atoms with E-state index in [-0.39, 0.29) is 5.56 Å². The van der Waals surface area contributed by atoms with E-state index in [1.165, 1.54) is 6.07 Å². The predicted octanol–water partition coefficient (Wildman–Crippen LogP) is 0.273. The van der Waals surface area contributed by atoms with Gasteiger partial charge in [-0.25, -0.2) is 4.98 Å². The Labute approximate surface area is 89.1 Å². The van der Waals surface area contributed by atoms with Gasteiger partial charge in [-0.05, 0) is 14.1 Å². The number of hydrogen-bond acceptors (Lipinski definition) is 4. The number of ether oxygens (including phenoxy) is 1. The molecule has 1 N–H and O–H groups in total. The van der Waals surface area contributed by atoms with Crippen LogP contribution in [0.3, 0.4) is 0 Å². The average molecular weight is 211 g/mol. The molecule has 0 bridgehead atoms. The molecule has 84 valence electrons. The van der Waals surface area contributed by atoms with Crippen molar-refractivity contribution in [3.63, 3.8) is 0 Å². The van der Waals surface area contributed by atoms with Crippen molar-refractivity contribution in [1.82, 2.24) is 14.9 Å². The smallest absolute Gasteiger partial charge is 0.254 e. The van der Waals surface area contributed by atoms with Crippen LogP contribution in [0.25, 0.3) is 0 Å². The quantitative estimate of drug-likeness (QED) is 0.759. The van der Waals surface area contributed by atoms with Crippen LogP contribution in [0.2, 0.25) is 0 Å². The third-order valence-corrected chi connectivity index (χ3v) is 1.89. The topological polar surface area (TPSA) is 58.2 Å². The Balaban J connectivity index is 2.60. The van der Waals surface area contributed by atoms with Gasteiger partial charge in [-0.1, -0.05) is 6.92 Å². The summed E-state index contributed by atoms with van der Waals surface area (Å²) in [5.41, 5.74) is -0.165. The van der Waals surface area contributed by atoms with Crippen LogP contribution in [-0.2, 0) is 6.42 Å². The molecule has 0 fully saturated rings. The molecule has 1 aromatic rings. The Kier molecular flexibility index (Phi) is 4.30. The standard InChI is InChI=1S/C10H17N3O2/c1-4-8-11-9(14)7-10(12-8)15-6-5-13(2)3/h7H,4-6H2,1-3H3,(H,11,12,14). The van der Waals surface area contributed by atoms with E-state index in [0.717, 1.165) is 6.54 Å². The maximum absolute atomic E-state index is 11.2. The van der Waals surface area contributed by atoms with Gasteiger partial charge >= 0.3 is 0 Å². The van der Waals surface area contributed by atoms with Crippen molar-refractivity contribution in [2.75, 3.05) is 27.2 Å². The van der Waals surface area contributed by atoms with E-state index < -0.39 is 0 Å². The number of nitrogens with zero attached hydrogens (tertiary/aromatic N) is 2. The summed E-state index contributed by atoms with van der Waals surface area (Å²) < 4.78 is 5.37. The fourth-order valence-electron chi connectivity index (χ4n) is 1.06. The molecule has 0 radical (unpaired) electrons. The summed E-state index contributed by atoms with van der Waals surface area (Å²) in [5, 5.41) is 0. The third kappa shape index (κ3) is 4.12. The number of rotatable bonds is 5. The van der Waals surface area contributed by atoms with E-state index >= 15 is 0 Å². The SMILES string of the molecule is CCc1nc(OCCN(C)C)cc(=O)[nH]1. The second-order valence-electron chi connectivity index (χ2n) is 3.54. The summed E-state index contributed by atoms with van der Waals surface area (Å²) in [6.45, 7) is 3.27. The first kappa shape index (κ1) is 11.7. The molecule has 0 aromatic carbocycles. The highest BCUT2D eigenvalue weighted by molar-refractivity contribution is 5.08. The average Bonchev–Trinajstić information content (AvgIpc) is 2.16. The fourth-order valence-corrected chi connectivity index (χ4v) is 1.06. The summed E-state index contributed by atoms with van der Waals surface area (Å²) in [6.07, 6.45) is 0.695. The van der Waals surface area contributed by atoms with Crippen LogP contribution in [0, 0.1) is 0 Å². The molecule has 0 saturated carbocycles. The van der Waals surface area contributed by atoms with Gasteiger partial charge in [0.2, 0.25) is 5.88 Å².